The first-order chi connectivity index (χ1) is 5.29. The number of quaternary nitrogens is 1. The number of hydrogen-bond acceptors (Lipinski definition) is 2. The molecule has 0 aromatic carbocycles. The molecule has 0 spiro atoms. The summed E-state index contributed by atoms with van der Waals surface area (Å²) in [6, 6.07) is 0. The van der Waals surface area contributed by atoms with E-state index >= 15 is 0 Å². The van der Waals surface area contributed by atoms with Gasteiger partial charge in [0.1, 0.15) is 12.6 Å². The average Bonchev–Trinajstić information content (AvgIpc) is 2.05. The second-order valence-corrected chi connectivity index (χ2v) is 4.92. The van der Waals surface area contributed by atoms with Gasteiger partial charge in [-0.1, -0.05) is 0 Å². The van der Waals surface area contributed by atoms with E-state index < -0.39 is 0 Å². The van der Waals surface area contributed by atoms with E-state index in [1.807, 2.05) is 13.8 Å². The molecule has 1 aliphatic rings. The van der Waals surface area contributed by atoms with Gasteiger partial charge in [-0.25, -0.2) is 0 Å². The van der Waals surface area contributed by atoms with Crippen LogP contribution in [0.2, 0.25) is 0 Å². The van der Waals surface area contributed by atoms with Crippen LogP contribution in [0.1, 0.15) is 13.8 Å². The predicted octanol–water partition coefficient (Wildman–Crippen LogP) is 0.844. The number of nitrogens with zero attached hydrogens (tertiary/aromatic N) is 1. The van der Waals surface area contributed by atoms with E-state index in [0.717, 1.165) is 17.6 Å². The molecule has 1 heterocycles. The van der Waals surface area contributed by atoms with Gasteiger partial charge in [0, 0.05) is 0 Å². The normalized spacial score (nSPS) is 29.2. The van der Waals surface area contributed by atoms with Gasteiger partial charge in [-0.05, 0) is 13.8 Å². The van der Waals surface area contributed by atoms with Crippen LogP contribution >= 0.6 is 0 Å². The molecule has 1 atom stereocenters. The van der Waals surface area contributed by atoms with Gasteiger partial charge in [0.2, 0.25) is 0 Å². The van der Waals surface area contributed by atoms with Crippen molar-refractivity contribution in [3.05, 3.63) is 0 Å². The van der Waals surface area contributed by atoms with Gasteiger partial charge < -0.3 is 14.0 Å². The van der Waals surface area contributed by atoms with E-state index in [2.05, 4.69) is 21.1 Å². The maximum absolute atomic E-state index is 5.69. The van der Waals surface area contributed by atoms with Gasteiger partial charge in [-0.2, -0.15) is 0 Å². The summed E-state index contributed by atoms with van der Waals surface area (Å²) in [5.74, 6) is -0.375. The Labute approximate surface area is 74.8 Å². The smallest absolute Gasteiger partial charge is 0.163 e. The first-order valence-corrected chi connectivity index (χ1v) is 4.41. The van der Waals surface area contributed by atoms with Gasteiger partial charge in [0.15, 0.2) is 5.79 Å². The van der Waals surface area contributed by atoms with Gasteiger partial charge >= 0.3 is 0 Å². The van der Waals surface area contributed by atoms with Crippen molar-refractivity contribution in [2.75, 3.05) is 34.3 Å². The summed E-state index contributed by atoms with van der Waals surface area (Å²) < 4.78 is 12.1. The minimum absolute atomic E-state index is 0.250. The highest BCUT2D eigenvalue weighted by molar-refractivity contribution is 4.69. The minimum atomic E-state index is -0.375. The monoisotopic (exact) mass is 174 g/mol. The standard InChI is InChI=1S/C9H20NO2/c1-9(2)11-7-8(12-9)6-10(3,4)5/h8H,6-7H2,1-5H3/q+1. The SMILES string of the molecule is CC1(C)OCC(C[N+](C)(C)C)O1. The topological polar surface area (TPSA) is 18.5 Å². The summed E-state index contributed by atoms with van der Waals surface area (Å²) in [6.45, 7) is 5.65. The molecule has 0 aliphatic carbocycles. The maximum Gasteiger partial charge on any atom is 0.163 e. The van der Waals surface area contributed by atoms with Crippen LogP contribution in [-0.4, -0.2) is 50.7 Å². The first-order valence-electron chi connectivity index (χ1n) is 4.41. The van der Waals surface area contributed by atoms with Gasteiger partial charge in [0.05, 0.1) is 27.7 Å². The van der Waals surface area contributed by atoms with Crippen LogP contribution in [-0.2, 0) is 9.47 Å². The molecule has 0 aromatic rings. The van der Waals surface area contributed by atoms with Crippen LogP contribution in [0, 0.1) is 0 Å². The molecule has 1 unspecified atom stereocenters. The van der Waals surface area contributed by atoms with E-state index in [1.165, 1.54) is 0 Å². The summed E-state index contributed by atoms with van der Waals surface area (Å²) >= 11 is 0. The molecule has 1 rings (SSSR count). The Kier molecular flexibility index (Phi) is 2.47. The maximum atomic E-state index is 5.69. The molecule has 12 heavy (non-hydrogen) atoms. The third-order valence-electron chi connectivity index (χ3n) is 1.82. The van der Waals surface area contributed by atoms with Crippen LogP contribution in [0.25, 0.3) is 0 Å². The number of likely N-dealkylation sites (N-methyl/N-ethyl adjacent to an activating group) is 1. The van der Waals surface area contributed by atoms with Crippen molar-refractivity contribution < 1.29 is 14.0 Å². The van der Waals surface area contributed by atoms with Crippen molar-refractivity contribution in [2.24, 2.45) is 0 Å². The van der Waals surface area contributed by atoms with E-state index in [9.17, 15) is 0 Å². The van der Waals surface area contributed by atoms with Crippen LogP contribution in [0.4, 0.5) is 0 Å². The Morgan fingerprint density at radius 2 is 1.92 bits per heavy atom. The lowest BCUT2D eigenvalue weighted by Gasteiger charge is -2.27. The second-order valence-electron chi connectivity index (χ2n) is 4.92. The molecule has 72 valence electrons. The zero-order chi connectivity index (χ0) is 9.41. The quantitative estimate of drug-likeness (QED) is 0.578. The molecule has 1 fully saturated rings. The Hall–Kier alpha value is -0.120. The zero-order valence-electron chi connectivity index (χ0n) is 8.76. The lowest BCUT2D eigenvalue weighted by molar-refractivity contribution is -0.873. The highest BCUT2D eigenvalue weighted by Crippen LogP contribution is 2.23. The zero-order valence-corrected chi connectivity index (χ0v) is 8.76. The summed E-state index contributed by atoms with van der Waals surface area (Å²) in [5.41, 5.74) is 0. The molecule has 3 nitrogen and oxygen atoms in total. The highest BCUT2D eigenvalue weighted by Gasteiger charge is 2.35. The van der Waals surface area contributed by atoms with E-state index in [0.29, 0.717) is 0 Å². The minimum Gasteiger partial charge on any atom is -0.348 e. The van der Waals surface area contributed by atoms with Crippen molar-refractivity contribution in [2.45, 2.75) is 25.7 Å². The predicted molar refractivity (Wildman–Crippen MR) is 47.8 cm³/mol. The highest BCUT2D eigenvalue weighted by atomic mass is 16.7. The fourth-order valence-electron chi connectivity index (χ4n) is 1.46. The van der Waals surface area contributed by atoms with Crippen molar-refractivity contribution in [1.29, 1.82) is 0 Å². The van der Waals surface area contributed by atoms with E-state index in [4.69, 9.17) is 9.47 Å². The van der Waals surface area contributed by atoms with Crippen molar-refractivity contribution in [1.82, 2.24) is 0 Å². The van der Waals surface area contributed by atoms with Crippen LogP contribution in [0.15, 0.2) is 0 Å². The first kappa shape index (κ1) is 9.96. The molecule has 0 saturated carbocycles. The lowest BCUT2D eigenvalue weighted by Crippen LogP contribution is -2.42. The fraction of sp³-hybridized carbons (Fsp3) is 1.00. The van der Waals surface area contributed by atoms with Crippen molar-refractivity contribution in [3.8, 4) is 0 Å². The van der Waals surface area contributed by atoms with Gasteiger partial charge in [-0.15, -0.1) is 0 Å². The molecule has 0 aromatic heterocycles. The van der Waals surface area contributed by atoms with Gasteiger partial charge in [0.25, 0.3) is 0 Å². The lowest BCUT2D eigenvalue weighted by atomic mass is 10.3. The number of ether oxygens (including phenoxy) is 2. The Balaban J connectivity index is 2.39. The summed E-state index contributed by atoms with van der Waals surface area (Å²) in [4.78, 5) is 0. The molecule has 0 bridgehead atoms. The number of hydrogen-bond donors (Lipinski definition) is 0. The van der Waals surface area contributed by atoms with Crippen LogP contribution in [0.5, 0.6) is 0 Å². The molecule has 3 heteroatoms. The summed E-state index contributed by atoms with van der Waals surface area (Å²) in [6.07, 6.45) is 0.250. The van der Waals surface area contributed by atoms with E-state index in [-0.39, 0.29) is 11.9 Å². The van der Waals surface area contributed by atoms with Crippen molar-refractivity contribution in [3.63, 3.8) is 0 Å². The van der Waals surface area contributed by atoms with Gasteiger partial charge in [-0.3, -0.25) is 0 Å². The van der Waals surface area contributed by atoms with Crippen molar-refractivity contribution >= 4 is 0 Å². The van der Waals surface area contributed by atoms with Crippen LogP contribution in [0.3, 0.4) is 0 Å². The molecule has 1 saturated heterocycles. The fourth-order valence-corrected chi connectivity index (χ4v) is 1.46. The van der Waals surface area contributed by atoms with E-state index in [1.54, 1.807) is 0 Å². The van der Waals surface area contributed by atoms with Crippen LogP contribution < -0.4 is 0 Å². The average molecular weight is 174 g/mol. The Morgan fingerprint density at radius 3 is 2.25 bits per heavy atom. The second kappa shape index (κ2) is 2.98. The number of rotatable bonds is 2. The third kappa shape index (κ3) is 3.09. The molecular weight excluding hydrogens is 154 g/mol. The summed E-state index contributed by atoms with van der Waals surface area (Å²) in [5, 5.41) is 0. The molecule has 1 aliphatic heterocycles. The molecule has 0 amide bonds. The molecular formula is C9H20NO2+. The third-order valence-corrected chi connectivity index (χ3v) is 1.82. The molecule has 0 radical (unpaired) electrons. The Bertz CT molecular complexity index is 160. The molecule has 0 N–H and O–H groups in total. The summed E-state index contributed by atoms with van der Waals surface area (Å²) in [7, 11) is 6.48. The Morgan fingerprint density at radius 1 is 1.33 bits per heavy atom. The largest absolute Gasteiger partial charge is 0.348 e.